The molecule has 0 atom stereocenters. The molecule has 8 heteroatoms. The van der Waals surface area contributed by atoms with Crippen molar-refractivity contribution in [2.45, 2.75) is 0 Å². The van der Waals surface area contributed by atoms with Crippen LogP contribution in [-0.4, -0.2) is 35.8 Å². The molecule has 4 rings (SSSR count). The van der Waals surface area contributed by atoms with Crippen LogP contribution in [0.2, 0.25) is 0 Å². The smallest absolute Gasteiger partial charge is 0.276 e. The van der Waals surface area contributed by atoms with Gasteiger partial charge in [-0.1, -0.05) is 0 Å². The zero-order valence-electron chi connectivity index (χ0n) is 13.9. The van der Waals surface area contributed by atoms with Crippen molar-refractivity contribution < 1.29 is 20.1 Å². The summed E-state index contributed by atoms with van der Waals surface area (Å²) in [4.78, 5) is 16.7. The minimum Gasteiger partial charge on any atom is -0.508 e. The molecule has 0 saturated carbocycles. The van der Waals surface area contributed by atoms with E-state index >= 15 is 0 Å². The molecule has 134 valence electrons. The highest BCUT2D eigenvalue weighted by Gasteiger charge is 2.15. The quantitative estimate of drug-likeness (QED) is 0.329. The minimum absolute atomic E-state index is 0.103. The highest BCUT2D eigenvalue weighted by molar-refractivity contribution is 6.03. The van der Waals surface area contributed by atoms with Gasteiger partial charge >= 0.3 is 0 Å². The first kappa shape index (κ1) is 16.4. The van der Waals surface area contributed by atoms with Gasteiger partial charge in [-0.2, -0.15) is 5.10 Å². The number of aromatic nitrogens is 3. The molecule has 2 heterocycles. The molecule has 0 aliphatic heterocycles. The maximum Gasteiger partial charge on any atom is 0.276 e. The van der Waals surface area contributed by atoms with Gasteiger partial charge in [-0.05, 0) is 48.5 Å². The number of rotatable bonds is 3. The molecule has 0 aliphatic carbocycles. The van der Waals surface area contributed by atoms with Crippen LogP contribution in [0.4, 0.5) is 5.69 Å². The summed E-state index contributed by atoms with van der Waals surface area (Å²) in [5.74, 6) is -0.800. The molecule has 8 nitrogen and oxygen atoms in total. The number of nitrogens with zero attached hydrogens (tertiary/aromatic N) is 3. The SMILES string of the molecule is O=C(Nc1ccc(O)cc1)c1cc2nccc(-c3ccc(O)c(O)c3)n2n1. The Kier molecular flexibility index (Phi) is 3.85. The molecule has 0 bridgehead atoms. The van der Waals surface area contributed by atoms with Gasteiger partial charge in [0.2, 0.25) is 0 Å². The van der Waals surface area contributed by atoms with E-state index < -0.39 is 5.91 Å². The van der Waals surface area contributed by atoms with Gasteiger partial charge < -0.3 is 20.6 Å². The van der Waals surface area contributed by atoms with Crippen LogP contribution in [0.25, 0.3) is 16.9 Å². The molecule has 0 fully saturated rings. The van der Waals surface area contributed by atoms with Gasteiger partial charge in [0.1, 0.15) is 5.75 Å². The standard InChI is InChI=1S/C19H14N4O4/c24-13-4-2-12(3-5-13)21-19(27)14-10-18-20-8-7-15(23(18)22-14)11-1-6-16(25)17(26)9-11/h1-10,24-26H,(H,21,27). The van der Waals surface area contributed by atoms with Gasteiger partial charge in [0.05, 0.1) is 5.69 Å². The molecule has 1 amide bonds. The lowest BCUT2D eigenvalue weighted by molar-refractivity contribution is 0.102. The second kappa shape index (κ2) is 6.34. The maximum atomic E-state index is 12.5. The van der Waals surface area contributed by atoms with Crippen LogP contribution < -0.4 is 5.32 Å². The number of hydrogen-bond acceptors (Lipinski definition) is 6. The lowest BCUT2D eigenvalue weighted by Crippen LogP contribution is -2.12. The molecule has 0 aliphatic rings. The Morgan fingerprint density at radius 2 is 1.70 bits per heavy atom. The van der Waals surface area contributed by atoms with E-state index in [1.54, 1.807) is 36.5 Å². The zero-order valence-corrected chi connectivity index (χ0v) is 13.9. The van der Waals surface area contributed by atoms with E-state index in [0.29, 0.717) is 22.6 Å². The molecule has 0 spiro atoms. The Morgan fingerprint density at radius 3 is 2.44 bits per heavy atom. The topological polar surface area (TPSA) is 120 Å². The van der Waals surface area contributed by atoms with Crippen LogP contribution in [0.15, 0.2) is 60.8 Å². The fourth-order valence-electron chi connectivity index (χ4n) is 2.65. The molecule has 4 aromatic rings. The summed E-state index contributed by atoms with van der Waals surface area (Å²) in [7, 11) is 0. The van der Waals surface area contributed by atoms with Crippen molar-refractivity contribution in [1.82, 2.24) is 14.6 Å². The van der Waals surface area contributed by atoms with Crippen LogP contribution in [0.1, 0.15) is 10.5 Å². The first-order valence-corrected chi connectivity index (χ1v) is 7.99. The monoisotopic (exact) mass is 362 g/mol. The Bertz CT molecular complexity index is 1150. The van der Waals surface area contributed by atoms with E-state index in [0.717, 1.165) is 0 Å². The Morgan fingerprint density at radius 1 is 0.926 bits per heavy atom. The lowest BCUT2D eigenvalue weighted by atomic mass is 10.1. The predicted octanol–water partition coefficient (Wildman–Crippen LogP) is 2.77. The van der Waals surface area contributed by atoms with Crippen LogP contribution in [0.5, 0.6) is 17.2 Å². The summed E-state index contributed by atoms with van der Waals surface area (Å²) in [5.41, 5.74) is 2.33. The fourth-order valence-corrected chi connectivity index (χ4v) is 2.65. The van der Waals surface area contributed by atoms with Crippen LogP contribution in [0.3, 0.4) is 0 Å². The third-order valence-electron chi connectivity index (χ3n) is 3.99. The third kappa shape index (κ3) is 3.11. The van der Waals surface area contributed by atoms with Crippen LogP contribution in [0, 0.1) is 0 Å². The van der Waals surface area contributed by atoms with E-state index in [-0.39, 0.29) is 22.9 Å². The summed E-state index contributed by atoms with van der Waals surface area (Å²) >= 11 is 0. The first-order chi connectivity index (χ1) is 13.0. The molecule has 0 radical (unpaired) electrons. The first-order valence-electron chi connectivity index (χ1n) is 7.99. The van der Waals surface area contributed by atoms with Gasteiger partial charge in [-0.25, -0.2) is 9.50 Å². The average molecular weight is 362 g/mol. The normalized spacial score (nSPS) is 10.8. The van der Waals surface area contributed by atoms with Gasteiger partial charge in [0.15, 0.2) is 22.8 Å². The van der Waals surface area contributed by atoms with Gasteiger partial charge in [0.25, 0.3) is 5.91 Å². The van der Waals surface area contributed by atoms with Crippen LogP contribution >= 0.6 is 0 Å². The summed E-state index contributed by atoms with van der Waals surface area (Å²) in [6.45, 7) is 0. The number of aromatic hydroxyl groups is 3. The maximum absolute atomic E-state index is 12.5. The predicted molar refractivity (Wildman–Crippen MR) is 97.8 cm³/mol. The van der Waals surface area contributed by atoms with Crippen molar-refractivity contribution >= 4 is 17.2 Å². The number of phenolic OH excluding ortho intramolecular Hbond substituents is 3. The van der Waals surface area contributed by atoms with Gasteiger partial charge in [-0.3, -0.25) is 4.79 Å². The van der Waals surface area contributed by atoms with Crippen molar-refractivity contribution in [2.24, 2.45) is 0 Å². The Labute approximate surface area is 153 Å². The van der Waals surface area contributed by atoms with Crippen molar-refractivity contribution in [2.75, 3.05) is 5.32 Å². The molecule has 4 N–H and O–H groups in total. The van der Waals surface area contributed by atoms with Crippen LogP contribution in [-0.2, 0) is 0 Å². The molecule has 0 unspecified atom stereocenters. The summed E-state index contributed by atoms with van der Waals surface area (Å²) in [6, 6.07) is 13.7. The number of amides is 1. The van der Waals surface area contributed by atoms with E-state index in [4.69, 9.17) is 0 Å². The number of anilines is 1. The van der Waals surface area contributed by atoms with Gasteiger partial charge in [-0.15, -0.1) is 0 Å². The second-order valence-electron chi connectivity index (χ2n) is 5.83. The largest absolute Gasteiger partial charge is 0.508 e. The fraction of sp³-hybridized carbons (Fsp3) is 0. The molecule has 2 aromatic heterocycles. The average Bonchev–Trinajstić information content (AvgIpc) is 3.10. The molecular formula is C19H14N4O4. The lowest BCUT2D eigenvalue weighted by Gasteiger charge is -2.06. The molecule has 2 aromatic carbocycles. The molecule has 27 heavy (non-hydrogen) atoms. The Balaban J connectivity index is 1.70. The van der Waals surface area contributed by atoms with E-state index in [9.17, 15) is 20.1 Å². The third-order valence-corrected chi connectivity index (χ3v) is 3.99. The van der Waals surface area contributed by atoms with Crippen molar-refractivity contribution in [1.29, 1.82) is 0 Å². The zero-order chi connectivity index (χ0) is 19.0. The van der Waals surface area contributed by atoms with Crippen molar-refractivity contribution in [3.05, 3.63) is 66.5 Å². The second-order valence-corrected chi connectivity index (χ2v) is 5.83. The van der Waals surface area contributed by atoms with Crippen molar-refractivity contribution in [3.63, 3.8) is 0 Å². The number of hydrogen-bond donors (Lipinski definition) is 4. The summed E-state index contributed by atoms with van der Waals surface area (Å²) in [5, 5.41) is 35.5. The Hall–Kier alpha value is -4.07. The van der Waals surface area contributed by atoms with Gasteiger partial charge in [0, 0.05) is 23.5 Å². The number of phenols is 3. The molecule has 0 saturated heterocycles. The summed E-state index contributed by atoms with van der Waals surface area (Å²) < 4.78 is 1.48. The number of benzene rings is 2. The summed E-state index contributed by atoms with van der Waals surface area (Å²) in [6.07, 6.45) is 1.57. The van der Waals surface area contributed by atoms with Crippen molar-refractivity contribution in [3.8, 4) is 28.5 Å². The minimum atomic E-state index is -0.425. The highest BCUT2D eigenvalue weighted by Crippen LogP contribution is 2.30. The van der Waals surface area contributed by atoms with E-state index in [1.807, 2.05) is 0 Å². The molecular weight excluding hydrogens is 348 g/mol. The number of fused-ring (bicyclic) bond motifs is 1. The van der Waals surface area contributed by atoms with E-state index in [2.05, 4.69) is 15.4 Å². The number of nitrogens with one attached hydrogen (secondary N) is 1. The number of carbonyl (C=O) groups excluding carboxylic acids is 1. The van der Waals surface area contributed by atoms with E-state index in [1.165, 1.54) is 28.8 Å². The highest BCUT2D eigenvalue weighted by atomic mass is 16.3. The number of carbonyl (C=O) groups is 1.